The Hall–Kier alpha value is -1.78. The van der Waals surface area contributed by atoms with Gasteiger partial charge in [-0.05, 0) is 28.9 Å². The van der Waals surface area contributed by atoms with Crippen LogP contribution in [0, 0.1) is 0 Å². The van der Waals surface area contributed by atoms with E-state index in [-0.39, 0.29) is 0 Å². The average Bonchev–Trinajstić information content (AvgIpc) is 2.59. The number of fused-ring (bicyclic) bond motifs is 3. The number of nitrogens with two attached hydrogens (primary N) is 2. The first-order valence-electron chi connectivity index (χ1n) is 4.89. The zero-order chi connectivity index (χ0) is 11.3. The predicted octanol–water partition coefficient (Wildman–Crippen LogP) is 2.89. The summed E-state index contributed by atoms with van der Waals surface area (Å²) < 4.78 is 13.7. The number of hydrogen-bond donors (Lipinski definition) is 2. The number of rotatable bonds is 0. The minimum absolute atomic E-state index is 0.524. The lowest BCUT2D eigenvalue weighted by Gasteiger charge is -1.99. The van der Waals surface area contributed by atoms with Gasteiger partial charge in [0.15, 0.2) is 9.40 Å². The Balaban J connectivity index is 2.68. The first kappa shape index (κ1) is 9.45. The van der Waals surface area contributed by atoms with Crippen molar-refractivity contribution in [3.05, 3.63) is 36.4 Å². The lowest BCUT2D eigenvalue weighted by Crippen LogP contribution is -1.93. The molecule has 3 aromatic rings. The van der Waals surface area contributed by atoms with Crippen molar-refractivity contribution in [2.45, 2.75) is 0 Å². The van der Waals surface area contributed by atoms with Crippen LogP contribution in [0.2, 0.25) is 0 Å². The van der Waals surface area contributed by atoms with Gasteiger partial charge in [0.2, 0.25) is 0 Å². The van der Waals surface area contributed by atoms with Crippen molar-refractivity contribution < 1.29 is 4.55 Å². The van der Waals surface area contributed by atoms with Gasteiger partial charge in [0.25, 0.3) is 0 Å². The van der Waals surface area contributed by atoms with E-state index in [1.165, 1.54) is 0 Å². The van der Waals surface area contributed by atoms with E-state index in [1.54, 1.807) is 12.1 Å². The van der Waals surface area contributed by atoms with Crippen LogP contribution < -0.4 is 11.5 Å². The van der Waals surface area contributed by atoms with Gasteiger partial charge in [0, 0.05) is 11.5 Å². The lowest BCUT2D eigenvalue weighted by molar-refractivity contribution is 0.602. The van der Waals surface area contributed by atoms with Crippen LogP contribution in [0.5, 0.6) is 0 Å². The molecule has 4 N–H and O–H groups in total. The summed E-state index contributed by atoms with van der Waals surface area (Å²) in [5, 5.41) is 1.76. The summed E-state index contributed by atoms with van der Waals surface area (Å²) >= 11 is 0. The highest BCUT2D eigenvalue weighted by molar-refractivity contribution is 7.37. The Morgan fingerprint density at radius 1 is 0.938 bits per heavy atom. The van der Waals surface area contributed by atoms with E-state index in [0.29, 0.717) is 11.4 Å². The lowest BCUT2D eigenvalue weighted by atomic mass is 10.1. The van der Waals surface area contributed by atoms with Crippen molar-refractivity contribution in [3.8, 4) is 0 Å². The fourth-order valence-electron chi connectivity index (χ4n) is 2.00. The van der Waals surface area contributed by atoms with Gasteiger partial charge in [0.1, 0.15) is 0 Å². The number of benzene rings is 2. The third-order valence-electron chi connectivity index (χ3n) is 2.80. The Morgan fingerprint density at radius 2 is 1.69 bits per heavy atom. The summed E-state index contributed by atoms with van der Waals surface area (Å²) in [6, 6.07) is 11.1. The Morgan fingerprint density at radius 3 is 2.50 bits per heavy atom. The molecule has 0 saturated carbocycles. The average molecular weight is 230 g/mol. The van der Waals surface area contributed by atoms with Crippen molar-refractivity contribution in [1.29, 1.82) is 0 Å². The van der Waals surface area contributed by atoms with Gasteiger partial charge in [-0.3, -0.25) is 0 Å². The Kier molecular flexibility index (Phi) is 1.83. The zero-order valence-corrected chi connectivity index (χ0v) is 9.25. The van der Waals surface area contributed by atoms with E-state index >= 15 is 0 Å². The second-order valence-electron chi connectivity index (χ2n) is 3.71. The molecule has 3 nitrogen and oxygen atoms in total. The molecule has 0 fully saturated rings. The molecule has 1 aromatic heterocycles. The van der Waals surface area contributed by atoms with E-state index in [2.05, 4.69) is 0 Å². The number of thiophene rings is 1. The van der Waals surface area contributed by atoms with Crippen LogP contribution in [0.4, 0.5) is 11.4 Å². The first-order chi connectivity index (χ1) is 7.70. The van der Waals surface area contributed by atoms with Crippen molar-refractivity contribution in [2.24, 2.45) is 0 Å². The van der Waals surface area contributed by atoms with E-state index < -0.39 is 10.8 Å². The molecule has 1 atom stereocenters. The Labute approximate surface area is 95.1 Å². The molecule has 1 heterocycles. The molecule has 1 unspecified atom stereocenters. The van der Waals surface area contributed by atoms with Crippen molar-refractivity contribution >= 4 is 42.3 Å². The van der Waals surface area contributed by atoms with Crippen LogP contribution in [0.15, 0.2) is 36.4 Å². The molecule has 0 aliphatic carbocycles. The SMILES string of the molecule is Nc1ccc2c(c1N)c1ccccc1[s+]2[O-]. The zero-order valence-electron chi connectivity index (χ0n) is 8.44. The maximum atomic E-state index is 12.2. The molecule has 0 amide bonds. The monoisotopic (exact) mass is 230 g/mol. The topological polar surface area (TPSA) is 75.1 Å². The van der Waals surface area contributed by atoms with Crippen LogP contribution in [-0.2, 0) is 0 Å². The third-order valence-corrected chi connectivity index (χ3v) is 4.29. The van der Waals surface area contributed by atoms with Gasteiger partial charge in [-0.25, -0.2) is 0 Å². The van der Waals surface area contributed by atoms with Crippen LogP contribution >= 0.6 is 10.8 Å². The summed E-state index contributed by atoms with van der Waals surface area (Å²) in [4.78, 5) is 0. The van der Waals surface area contributed by atoms with Gasteiger partial charge in [-0.1, -0.05) is 12.1 Å². The molecule has 4 heteroatoms. The molecule has 0 spiro atoms. The molecule has 16 heavy (non-hydrogen) atoms. The van der Waals surface area contributed by atoms with Gasteiger partial charge in [-0.15, -0.1) is 0 Å². The van der Waals surface area contributed by atoms with Crippen LogP contribution in [0.1, 0.15) is 0 Å². The standard InChI is InChI=1S/C12H10N2OS/c13-8-5-6-10-11(12(8)14)7-3-1-2-4-9(7)16(10)15/h1-6H,13-14H2. The largest absolute Gasteiger partial charge is 0.590 e. The fourth-order valence-corrected chi connectivity index (χ4v) is 3.41. The maximum absolute atomic E-state index is 12.2. The van der Waals surface area contributed by atoms with Crippen molar-refractivity contribution in [3.63, 3.8) is 0 Å². The highest BCUT2D eigenvalue weighted by Gasteiger charge is 2.17. The molecule has 3 rings (SSSR count). The van der Waals surface area contributed by atoms with E-state index in [9.17, 15) is 4.55 Å². The molecule has 80 valence electrons. The molecular weight excluding hydrogens is 220 g/mol. The van der Waals surface area contributed by atoms with E-state index in [4.69, 9.17) is 11.5 Å². The third kappa shape index (κ3) is 1.05. The van der Waals surface area contributed by atoms with Crippen molar-refractivity contribution in [2.75, 3.05) is 11.5 Å². The summed E-state index contributed by atoms with van der Waals surface area (Å²) in [5.74, 6) is 0. The first-order valence-corrected chi connectivity index (χ1v) is 6.04. The second kappa shape index (κ2) is 3.10. The van der Waals surface area contributed by atoms with Crippen LogP contribution in [0.3, 0.4) is 0 Å². The summed E-state index contributed by atoms with van der Waals surface area (Å²) in [6.07, 6.45) is 0. The summed E-state index contributed by atoms with van der Waals surface area (Å²) in [5.41, 5.74) is 12.8. The molecule has 0 aliphatic heterocycles. The number of nitrogen functional groups attached to an aromatic ring is 2. The second-order valence-corrected chi connectivity index (χ2v) is 5.12. The maximum Gasteiger partial charge on any atom is 0.182 e. The van der Waals surface area contributed by atoms with Gasteiger partial charge < -0.3 is 16.0 Å². The smallest absolute Gasteiger partial charge is 0.182 e. The van der Waals surface area contributed by atoms with Gasteiger partial charge >= 0.3 is 0 Å². The normalized spacial score (nSPS) is 12.4. The number of hydrogen-bond acceptors (Lipinski definition) is 3. The van der Waals surface area contributed by atoms with E-state index in [1.807, 2.05) is 24.3 Å². The molecule has 0 aliphatic rings. The molecule has 0 radical (unpaired) electrons. The van der Waals surface area contributed by atoms with Crippen molar-refractivity contribution in [1.82, 2.24) is 0 Å². The minimum Gasteiger partial charge on any atom is -0.590 e. The van der Waals surface area contributed by atoms with Gasteiger partial charge in [0.05, 0.1) is 16.8 Å². The Bertz CT molecular complexity index is 703. The molecule has 0 bridgehead atoms. The van der Waals surface area contributed by atoms with Gasteiger partial charge in [-0.2, -0.15) is 0 Å². The van der Waals surface area contributed by atoms with Crippen LogP contribution in [-0.4, -0.2) is 4.55 Å². The highest BCUT2D eigenvalue weighted by Crippen LogP contribution is 2.44. The highest BCUT2D eigenvalue weighted by atomic mass is 32.2. The molecular formula is C12H10N2OS. The molecule has 0 saturated heterocycles. The minimum atomic E-state index is -1.13. The predicted molar refractivity (Wildman–Crippen MR) is 68.9 cm³/mol. The van der Waals surface area contributed by atoms with Crippen LogP contribution in [0.25, 0.3) is 20.2 Å². The van der Waals surface area contributed by atoms with E-state index in [0.717, 1.165) is 20.2 Å². The summed E-state index contributed by atoms with van der Waals surface area (Å²) in [6.45, 7) is 0. The summed E-state index contributed by atoms with van der Waals surface area (Å²) in [7, 11) is -1.13. The number of anilines is 2. The molecule has 2 aromatic carbocycles. The quantitative estimate of drug-likeness (QED) is 0.460. The fraction of sp³-hybridized carbons (Fsp3) is 0.